The van der Waals surface area contributed by atoms with Crippen molar-refractivity contribution in [1.29, 1.82) is 0 Å². The van der Waals surface area contributed by atoms with Gasteiger partial charge in [-0.1, -0.05) is 20.8 Å². The van der Waals surface area contributed by atoms with Crippen molar-refractivity contribution in [2.45, 2.75) is 65.7 Å². The van der Waals surface area contributed by atoms with Crippen LogP contribution in [0.25, 0.3) is 10.2 Å². The number of fused-ring (bicyclic) bond motifs is 3. The van der Waals surface area contributed by atoms with Crippen molar-refractivity contribution < 1.29 is 9.53 Å². The minimum atomic E-state index is -0.0669. The summed E-state index contributed by atoms with van der Waals surface area (Å²) in [4.78, 5) is 27.3. The third kappa shape index (κ3) is 3.63. The number of piperidine rings is 1. The molecule has 4 rings (SSSR count). The van der Waals surface area contributed by atoms with Gasteiger partial charge in [0.25, 0.3) is 0 Å². The highest BCUT2D eigenvalue weighted by Gasteiger charge is 2.31. The van der Waals surface area contributed by atoms with Crippen LogP contribution < -0.4 is 4.90 Å². The number of carbonyl (C=O) groups excluding carboxylic acids is 1. The molecule has 1 saturated heterocycles. The number of thiophene rings is 1. The standard InChI is InChI=1S/C22H31N3O2S/c1-5-27-22(26)15-7-6-10-25(12-15)20-18-16-9-8-14(4)11-17(16)28-21(18)24-19(23-20)13(2)3/h13-15H,5-12H2,1-4H3/t14-,15-/m0/s1. The highest BCUT2D eigenvalue weighted by Crippen LogP contribution is 2.42. The molecule has 6 heteroatoms. The summed E-state index contributed by atoms with van der Waals surface area (Å²) in [5, 5.41) is 1.25. The van der Waals surface area contributed by atoms with E-state index in [0.717, 1.165) is 54.6 Å². The van der Waals surface area contributed by atoms with Crippen LogP contribution in [0.2, 0.25) is 0 Å². The van der Waals surface area contributed by atoms with Gasteiger partial charge in [-0.3, -0.25) is 4.79 Å². The summed E-state index contributed by atoms with van der Waals surface area (Å²) in [6, 6.07) is 0. The maximum Gasteiger partial charge on any atom is 0.310 e. The van der Waals surface area contributed by atoms with Crippen LogP contribution in [0.15, 0.2) is 0 Å². The topological polar surface area (TPSA) is 55.3 Å². The number of hydrogen-bond acceptors (Lipinski definition) is 6. The van der Waals surface area contributed by atoms with Gasteiger partial charge in [0.2, 0.25) is 0 Å². The monoisotopic (exact) mass is 401 g/mol. The first-order valence-corrected chi connectivity index (χ1v) is 11.5. The molecule has 0 aromatic carbocycles. The number of hydrogen-bond donors (Lipinski definition) is 0. The van der Waals surface area contributed by atoms with Crippen LogP contribution >= 0.6 is 11.3 Å². The van der Waals surface area contributed by atoms with Crippen LogP contribution in [0.5, 0.6) is 0 Å². The Balaban J connectivity index is 1.77. The molecule has 0 saturated carbocycles. The largest absolute Gasteiger partial charge is 0.466 e. The number of carbonyl (C=O) groups is 1. The summed E-state index contributed by atoms with van der Waals surface area (Å²) in [5.74, 6) is 2.86. The van der Waals surface area contributed by atoms with E-state index < -0.39 is 0 Å². The van der Waals surface area contributed by atoms with Crippen LogP contribution in [0.3, 0.4) is 0 Å². The molecule has 1 aliphatic carbocycles. The molecule has 1 fully saturated rings. The fourth-order valence-corrected chi connectivity index (χ4v) is 5.83. The predicted octanol–water partition coefficient (Wildman–Crippen LogP) is 4.72. The van der Waals surface area contributed by atoms with Crippen LogP contribution in [-0.2, 0) is 22.4 Å². The number of ether oxygens (including phenoxy) is 1. The van der Waals surface area contributed by atoms with Crippen molar-refractivity contribution in [1.82, 2.24) is 9.97 Å². The van der Waals surface area contributed by atoms with E-state index in [2.05, 4.69) is 25.7 Å². The van der Waals surface area contributed by atoms with E-state index in [1.165, 1.54) is 22.2 Å². The number of esters is 1. The Labute approximate surface area is 171 Å². The number of nitrogens with zero attached hydrogens (tertiary/aromatic N) is 3. The highest BCUT2D eigenvalue weighted by molar-refractivity contribution is 7.19. The van der Waals surface area contributed by atoms with E-state index in [0.29, 0.717) is 13.2 Å². The van der Waals surface area contributed by atoms with E-state index in [9.17, 15) is 4.79 Å². The summed E-state index contributed by atoms with van der Waals surface area (Å²) >= 11 is 1.86. The van der Waals surface area contributed by atoms with Gasteiger partial charge in [0, 0.05) is 23.9 Å². The third-order valence-corrected chi connectivity index (χ3v) is 7.16. The van der Waals surface area contributed by atoms with Gasteiger partial charge in [-0.2, -0.15) is 0 Å². The van der Waals surface area contributed by atoms with Crippen molar-refractivity contribution in [3.8, 4) is 0 Å². The molecule has 2 aromatic heterocycles. The zero-order valence-corrected chi connectivity index (χ0v) is 18.3. The van der Waals surface area contributed by atoms with Crippen LogP contribution in [-0.4, -0.2) is 35.6 Å². The molecule has 1 aliphatic heterocycles. The van der Waals surface area contributed by atoms with Crippen LogP contribution in [0.1, 0.15) is 69.1 Å². The van der Waals surface area contributed by atoms with Crippen molar-refractivity contribution in [3.63, 3.8) is 0 Å². The van der Waals surface area contributed by atoms with E-state index >= 15 is 0 Å². The second kappa shape index (κ2) is 7.97. The first-order chi connectivity index (χ1) is 13.5. The Kier molecular flexibility index (Phi) is 5.59. The summed E-state index contributed by atoms with van der Waals surface area (Å²) in [7, 11) is 0. The molecule has 0 N–H and O–H groups in total. The van der Waals surface area contributed by atoms with Gasteiger partial charge in [0.15, 0.2) is 0 Å². The molecule has 0 radical (unpaired) electrons. The Morgan fingerprint density at radius 1 is 1.32 bits per heavy atom. The van der Waals surface area contributed by atoms with E-state index in [4.69, 9.17) is 14.7 Å². The van der Waals surface area contributed by atoms with Gasteiger partial charge >= 0.3 is 5.97 Å². The lowest BCUT2D eigenvalue weighted by atomic mass is 9.89. The molecule has 152 valence electrons. The Morgan fingerprint density at radius 3 is 2.89 bits per heavy atom. The number of anilines is 1. The zero-order valence-electron chi connectivity index (χ0n) is 17.5. The molecule has 2 atom stereocenters. The SMILES string of the molecule is CCOC(=O)[C@H]1CCCN(c2nc(C(C)C)nc3sc4c(c23)CC[C@H](C)C4)C1. The molecule has 28 heavy (non-hydrogen) atoms. The summed E-state index contributed by atoms with van der Waals surface area (Å²) in [6.45, 7) is 10.6. The average Bonchev–Trinajstić information content (AvgIpc) is 3.04. The van der Waals surface area contributed by atoms with Gasteiger partial charge in [-0.05, 0) is 50.5 Å². The second-order valence-corrected chi connectivity index (χ2v) is 9.71. The van der Waals surface area contributed by atoms with Crippen molar-refractivity contribution in [3.05, 3.63) is 16.3 Å². The van der Waals surface area contributed by atoms with Crippen molar-refractivity contribution >= 4 is 33.3 Å². The lowest BCUT2D eigenvalue weighted by Gasteiger charge is -2.33. The maximum atomic E-state index is 12.4. The molecule has 0 unspecified atom stereocenters. The van der Waals surface area contributed by atoms with Gasteiger partial charge < -0.3 is 9.64 Å². The predicted molar refractivity (Wildman–Crippen MR) is 114 cm³/mol. The Morgan fingerprint density at radius 2 is 2.14 bits per heavy atom. The quantitative estimate of drug-likeness (QED) is 0.694. The molecule has 0 bridgehead atoms. The molecule has 2 aliphatic rings. The average molecular weight is 402 g/mol. The molecule has 2 aromatic rings. The first-order valence-electron chi connectivity index (χ1n) is 10.7. The molecule has 3 heterocycles. The first kappa shape index (κ1) is 19.6. The fraction of sp³-hybridized carbons (Fsp3) is 0.682. The normalized spacial score (nSPS) is 22.5. The molecule has 0 spiro atoms. The molecule has 0 amide bonds. The second-order valence-electron chi connectivity index (χ2n) is 8.63. The van der Waals surface area contributed by atoms with Gasteiger partial charge in [0.1, 0.15) is 16.5 Å². The summed E-state index contributed by atoms with van der Waals surface area (Å²) < 4.78 is 5.31. The number of aromatic nitrogens is 2. The van der Waals surface area contributed by atoms with E-state index in [1.807, 2.05) is 18.3 Å². The van der Waals surface area contributed by atoms with E-state index in [1.54, 1.807) is 0 Å². The molecular weight excluding hydrogens is 370 g/mol. The van der Waals surface area contributed by atoms with E-state index in [-0.39, 0.29) is 17.8 Å². The molecule has 5 nitrogen and oxygen atoms in total. The van der Waals surface area contributed by atoms with Gasteiger partial charge in [0.05, 0.1) is 17.9 Å². The van der Waals surface area contributed by atoms with Gasteiger partial charge in [-0.15, -0.1) is 11.3 Å². The molecular formula is C22H31N3O2S. The Hall–Kier alpha value is -1.69. The maximum absolute atomic E-state index is 12.4. The van der Waals surface area contributed by atoms with Gasteiger partial charge in [-0.25, -0.2) is 9.97 Å². The minimum Gasteiger partial charge on any atom is -0.466 e. The number of rotatable bonds is 4. The third-order valence-electron chi connectivity index (χ3n) is 6.01. The lowest BCUT2D eigenvalue weighted by Crippen LogP contribution is -2.40. The highest BCUT2D eigenvalue weighted by atomic mass is 32.1. The fourth-order valence-electron chi connectivity index (χ4n) is 4.45. The minimum absolute atomic E-state index is 0.0595. The number of aryl methyl sites for hydroxylation is 1. The van der Waals surface area contributed by atoms with Crippen LogP contribution in [0, 0.1) is 11.8 Å². The summed E-state index contributed by atoms with van der Waals surface area (Å²) in [5.41, 5.74) is 1.46. The smallest absolute Gasteiger partial charge is 0.310 e. The lowest BCUT2D eigenvalue weighted by molar-refractivity contribution is -0.148. The Bertz CT molecular complexity index is 876. The van der Waals surface area contributed by atoms with Crippen molar-refractivity contribution in [2.75, 3.05) is 24.6 Å². The zero-order chi connectivity index (χ0) is 19.8. The van der Waals surface area contributed by atoms with Crippen molar-refractivity contribution in [2.24, 2.45) is 11.8 Å². The van der Waals surface area contributed by atoms with Crippen LogP contribution in [0.4, 0.5) is 5.82 Å². The summed E-state index contributed by atoms with van der Waals surface area (Å²) in [6.07, 6.45) is 5.39.